The first-order chi connectivity index (χ1) is 18.9. The average molecular weight is 550 g/mol. The van der Waals surface area contributed by atoms with Crippen molar-refractivity contribution in [2.45, 2.75) is 26.3 Å². The smallest absolute Gasteiger partial charge is 0.270 e. The van der Waals surface area contributed by atoms with Crippen molar-refractivity contribution < 1.29 is 13.9 Å². The van der Waals surface area contributed by atoms with Gasteiger partial charge in [0.1, 0.15) is 5.75 Å². The van der Waals surface area contributed by atoms with Gasteiger partial charge >= 0.3 is 0 Å². The van der Waals surface area contributed by atoms with E-state index in [0.29, 0.717) is 39.9 Å². The van der Waals surface area contributed by atoms with Crippen molar-refractivity contribution in [3.8, 4) is 5.75 Å². The fourth-order valence-corrected chi connectivity index (χ4v) is 4.70. The summed E-state index contributed by atoms with van der Waals surface area (Å²) in [6, 6.07) is 6.05. The van der Waals surface area contributed by atoms with Crippen LogP contribution in [0.1, 0.15) is 33.7 Å². The van der Waals surface area contributed by atoms with Crippen LogP contribution >= 0.6 is 0 Å². The number of nitrogens with two attached hydrogens (primary N) is 1. The predicted molar refractivity (Wildman–Crippen MR) is 155 cm³/mol. The standard InChI is InChI=1S/C28H36FN9O2/c1-17-27(38(31)16-26(30)25-14-33-36(6)18(25)2)11-21(13-32-17)34-28(39)20-9-23(12-24(10-20)40-19(3)29)37-8-7-22(15-37)35(4)5/h9-14,22,30H,3,7-8,15-16,31H2,1-2,4-6H3,(H,34,39). The predicted octanol–water partition coefficient (Wildman–Crippen LogP) is 3.39. The van der Waals surface area contributed by atoms with E-state index in [-0.39, 0.29) is 12.3 Å². The van der Waals surface area contributed by atoms with Crippen molar-refractivity contribution in [1.82, 2.24) is 19.7 Å². The highest BCUT2D eigenvalue weighted by molar-refractivity contribution is 6.05. The number of aromatic nitrogens is 3. The lowest BCUT2D eigenvalue weighted by atomic mass is 10.1. The van der Waals surface area contributed by atoms with E-state index in [1.165, 1.54) is 17.3 Å². The van der Waals surface area contributed by atoms with Crippen LogP contribution in [-0.2, 0) is 7.05 Å². The van der Waals surface area contributed by atoms with Gasteiger partial charge in [0.2, 0.25) is 0 Å². The Kier molecular flexibility index (Phi) is 8.50. The fourth-order valence-electron chi connectivity index (χ4n) is 4.70. The molecule has 4 N–H and O–H groups in total. The third-order valence-corrected chi connectivity index (χ3v) is 7.16. The van der Waals surface area contributed by atoms with Gasteiger partial charge in [-0.25, -0.2) is 5.84 Å². The number of likely N-dealkylation sites (N-methyl/N-ethyl adjacent to an activating group) is 1. The van der Waals surface area contributed by atoms with E-state index >= 15 is 0 Å². The van der Waals surface area contributed by atoms with Crippen LogP contribution in [0.4, 0.5) is 21.5 Å². The summed E-state index contributed by atoms with van der Waals surface area (Å²) >= 11 is 0. The molecule has 12 heteroatoms. The molecule has 11 nitrogen and oxygen atoms in total. The Bertz CT molecular complexity index is 1440. The highest BCUT2D eigenvalue weighted by atomic mass is 19.1. The summed E-state index contributed by atoms with van der Waals surface area (Å²) in [5.74, 6) is 6.10. The van der Waals surface area contributed by atoms with E-state index in [4.69, 9.17) is 16.0 Å². The minimum absolute atomic E-state index is 0.117. The normalized spacial score (nSPS) is 14.9. The van der Waals surface area contributed by atoms with Crippen LogP contribution in [0.25, 0.3) is 0 Å². The summed E-state index contributed by atoms with van der Waals surface area (Å²) in [7, 11) is 5.89. The molecule has 0 aliphatic carbocycles. The lowest BCUT2D eigenvalue weighted by Gasteiger charge is -2.23. The number of aryl methyl sites for hydroxylation is 2. The molecule has 1 aromatic carbocycles. The van der Waals surface area contributed by atoms with E-state index in [2.05, 4.69) is 31.8 Å². The third-order valence-electron chi connectivity index (χ3n) is 7.16. The summed E-state index contributed by atoms with van der Waals surface area (Å²) in [5, 5.41) is 17.0. The van der Waals surface area contributed by atoms with Crippen molar-refractivity contribution in [1.29, 1.82) is 5.41 Å². The number of halogens is 1. The molecule has 3 heterocycles. The Morgan fingerprint density at radius 1 is 1.27 bits per heavy atom. The third kappa shape index (κ3) is 6.46. The number of amides is 1. The summed E-state index contributed by atoms with van der Waals surface area (Å²) in [6.07, 6.45) is 4.15. The number of carbonyl (C=O) groups is 1. The molecule has 0 saturated carbocycles. The SMILES string of the molecule is C=C(F)Oc1cc(C(=O)Nc2cnc(C)c(N(N)CC(=N)c3cnn(C)c3C)c2)cc(N2CCC(N(C)C)C2)c1. The number of hydrogen-bond acceptors (Lipinski definition) is 9. The van der Waals surface area contributed by atoms with Crippen molar-refractivity contribution in [2.75, 3.05) is 49.0 Å². The van der Waals surface area contributed by atoms with Gasteiger partial charge in [-0.05, 0) is 59.1 Å². The van der Waals surface area contributed by atoms with Crippen LogP contribution in [0.2, 0.25) is 0 Å². The molecular formula is C28H36FN9O2. The van der Waals surface area contributed by atoms with E-state index < -0.39 is 11.9 Å². The van der Waals surface area contributed by atoms with Crippen molar-refractivity contribution in [2.24, 2.45) is 12.9 Å². The van der Waals surface area contributed by atoms with E-state index in [0.717, 1.165) is 30.9 Å². The molecule has 3 aromatic rings. The maximum absolute atomic E-state index is 13.5. The highest BCUT2D eigenvalue weighted by Crippen LogP contribution is 2.30. The molecule has 0 radical (unpaired) electrons. The van der Waals surface area contributed by atoms with Crippen LogP contribution in [0.15, 0.2) is 49.3 Å². The second kappa shape index (κ2) is 11.8. The average Bonchev–Trinajstić information content (AvgIpc) is 3.52. The van der Waals surface area contributed by atoms with Gasteiger partial charge in [-0.2, -0.15) is 9.49 Å². The van der Waals surface area contributed by atoms with Crippen LogP contribution < -0.4 is 25.8 Å². The van der Waals surface area contributed by atoms with E-state index in [9.17, 15) is 9.18 Å². The minimum Gasteiger partial charge on any atom is -0.432 e. The summed E-state index contributed by atoms with van der Waals surface area (Å²) in [6.45, 7) is 8.56. The number of benzene rings is 1. The molecule has 1 unspecified atom stereocenters. The zero-order valence-electron chi connectivity index (χ0n) is 23.5. The number of hydrogen-bond donors (Lipinski definition) is 3. The zero-order chi connectivity index (χ0) is 29.1. The number of carbonyl (C=O) groups excluding carboxylic acids is 1. The number of anilines is 3. The minimum atomic E-state index is -0.960. The summed E-state index contributed by atoms with van der Waals surface area (Å²) < 4.78 is 20.4. The van der Waals surface area contributed by atoms with Crippen molar-refractivity contribution in [3.05, 3.63) is 71.8 Å². The largest absolute Gasteiger partial charge is 0.432 e. The van der Waals surface area contributed by atoms with Crippen LogP contribution in [0.3, 0.4) is 0 Å². The van der Waals surface area contributed by atoms with Gasteiger partial charge in [0.25, 0.3) is 11.9 Å². The molecule has 1 fully saturated rings. The second-order valence-corrected chi connectivity index (χ2v) is 10.2. The van der Waals surface area contributed by atoms with E-state index in [1.54, 1.807) is 36.0 Å². The lowest BCUT2D eigenvalue weighted by Crippen LogP contribution is -2.37. The maximum Gasteiger partial charge on any atom is 0.270 e. The molecule has 1 aliphatic heterocycles. The number of rotatable bonds is 10. The van der Waals surface area contributed by atoms with Crippen LogP contribution in [-0.4, -0.2) is 71.1 Å². The zero-order valence-corrected chi connectivity index (χ0v) is 23.5. The number of nitrogens with zero attached hydrogens (tertiary/aromatic N) is 6. The number of ether oxygens (including phenoxy) is 1. The Morgan fingerprint density at radius 2 is 2.02 bits per heavy atom. The molecule has 1 saturated heterocycles. The quantitative estimate of drug-likeness (QED) is 0.152. The first-order valence-electron chi connectivity index (χ1n) is 12.9. The van der Waals surface area contributed by atoms with Gasteiger partial charge in [-0.1, -0.05) is 0 Å². The first-order valence-corrected chi connectivity index (χ1v) is 12.9. The molecule has 1 amide bonds. The Morgan fingerprint density at radius 3 is 2.65 bits per heavy atom. The van der Waals surface area contributed by atoms with Crippen LogP contribution in [0.5, 0.6) is 5.75 Å². The van der Waals surface area contributed by atoms with E-state index in [1.807, 2.05) is 28.1 Å². The number of hydrazine groups is 1. The molecule has 1 aliphatic rings. The molecule has 1 atom stereocenters. The number of nitrogens with one attached hydrogen (secondary N) is 2. The van der Waals surface area contributed by atoms with Gasteiger partial charge in [0.05, 0.1) is 41.7 Å². The summed E-state index contributed by atoms with van der Waals surface area (Å²) in [4.78, 5) is 22.0. The molecule has 0 bridgehead atoms. The monoisotopic (exact) mass is 549 g/mol. The Balaban J connectivity index is 1.54. The lowest BCUT2D eigenvalue weighted by molar-refractivity contribution is 0.102. The molecule has 0 spiro atoms. The van der Waals surface area contributed by atoms with Crippen molar-refractivity contribution >= 4 is 28.7 Å². The second-order valence-electron chi connectivity index (χ2n) is 10.2. The molecule has 40 heavy (non-hydrogen) atoms. The van der Waals surface area contributed by atoms with Gasteiger partial charge in [-0.15, -0.1) is 0 Å². The fraction of sp³-hybridized carbons (Fsp3) is 0.357. The van der Waals surface area contributed by atoms with Crippen molar-refractivity contribution in [3.63, 3.8) is 0 Å². The van der Waals surface area contributed by atoms with Gasteiger partial charge in [-0.3, -0.25) is 14.5 Å². The maximum atomic E-state index is 13.5. The Hall–Kier alpha value is -4.29. The molecule has 4 rings (SSSR count). The first kappa shape index (κ1) is 28.7. The van der Waals surface area contributed by atoms with Gasteiger partial charge in [0.15, 0.2) is 0 Å². The topological polar surface area (TPSA) is 129 Å². The molecular weight excluding hydrogens is 513 g/mol. The van der Waals surface area contributed by atoms with Crippen LogP contribution in [0, 0.1) is 19.3 Å². The molecule has 212 valence electrons. The highest BCUT2D eigenvalue weighted by Gasteiger charge is 2.25. The van der Waals surface area contributed by atoms with Gasteiger partial charge < -0.3 is 30.3 Å². The summed E-state index contributed by atoms with van der Waals surface area (Å²) in [5.41, 5.74) is 4.54. The molecule has 2 aromatic heterocycles. The van der Waals surface area contributed by atoms with Gasteiger partial charge in [0, 0.05) is 54.8 Å². The Labute approximate surface area is 233 Å². The number of pyridine rings is 1.